The van der Waals surface area contributed by atoms with Crippen LogP contribution in [0, 0.1) is 11.7 Å². The summed E-state index contributed by atoms with van der Waals surface area (Å²) >= 11 is 0. The van der Waals surface area contributed by atoms with Crippen LogP contribution in [-0.4, -0.2) is 40.6 Å². The van der Waals surface area contributed by atoms with E-state index in [1.807, 2.05) is 30.3 Å². The van der Waals surface area contributed by atoms with Crippen molar-refractivity contribution in [2.24, 2.45) is 5.92 Å². The van der Waals surface area contributed by atoms with Crippen LogP contribution < -0.4 is 0 Å². The third kappa shape index (κ3) is 6.38. The molecular formula is C28H27FN2O4. The van der Waals surface area contributed by atoms with Crippen molar-refractivity contribution in [1.82, 2.24) is 9.88 Å². The van der Waals surface area contributed by atoms with Gasteiger partial charge in [-0.25, -0.2) is 9.18 Å². The topological polar surface area (TPSA) is 76.6 Å². The Morgan fingerprint density at radius 2 is 1.60 bits per heavy atom. The molecule has 1 aliphatic rings. The number of hydrogen-bond donors (Lipinski definition) is 0. The molecule has 180 valence electrons. The molecule has 6 nitrogen and oxygen atoms in total. The maximum Gasteiger partial charge on any atom is 0.410 e. The van der Waals surface area contributed by atoms with E-state index in [1.54, 1.807) is 29.2 Å². The SMILES string of the molecule is O=C(CC(C(=O)c1ccncc1)c1ccc(F)cc1)C1CCN(C(=O)OCc2ccccc2)CC1. The number of ketones is 2. The number of nitrogens with zero attached hydrogens (tertiary/aromatic N) is 2. The van der Waals surface area contributed by atoms with Gasteiger partial charge >= 0.3 is 6.09 Å². The number of halogens is 1. The minimum Gasteiger partial charge on any atom is -0.445 e. The molecule has 1 unspecified atom stereocenters. The van der Waals surface area contributed by atoms with E-state index in [0.29, 0.717) is 37.1 Å². The van der Waals surface area contributed by atoms with Crippen molar-refractivity contribution >= 4 is 17.7 Å². The number of piperidine rings is 1. The molecular weight excluding hydrogens is 447 g/mol. The Balaban J connectivity index is 1.36. The lowest BCUT2D eigenvalue weighted by atomic mass is 9.82. The van der Waals surface area contributed by atoms with E-state index < -0.39 is 17.8 Å². The third-order valence-corrected chi connectivity index (χ3v) is 6.37. The highest BCUT2D eigenvalue weighted by atomic mass is 19.1. The predicted molar refractivity (Wildman–Crippen MR) is 128 cm³/mol. The smallest absolute Gasteiger partial charge is 0.410 e. The Kier molecular flexibility index (Phi) is 7.98. The first kappa shape index (κ1) is 24.3. The minimum atomic E-state index is -0.709. The van der Waals surface area contributed by atoms with E-state index in [1.165, 1.54) is 24.5 Å². The van der Waals surface area contributed by atoms with Crippen LogP contribution in [0.25, 0.3) is 0 Å². The molecule has 1 saturated heterocycles. The fraction of sp³-hybridized carbons (Fsp3) is 0.286. The van der Waals surface area contributed by atoms with Crippen LogP contribution in [0.1, 0.15) is 46.7 Å². The van der Waals surface area contributed by atoms with Crippen molar-refractivity contribution in [3.05, 3.63) is 102 Å². The van der Waals surface area contributed by atoms with E-state index in [4.69, 9.17) is 4.74 Å². The van der Waals surface area contributed by atoms with E-state index in [9.17, 15) is 18.8 Å². The van der Waals surface area contributed by atoms with Gasteiger partial charge in [-0.15, -0.1) is 0 Å². The molecule has 1 aromatic heterocycles. The molecule has 1 amide bonds. The van der Waals surface area contributed by atoms with Crippen molar-refractivity contribution in [1.29, 1.82) is 0 Å². The van der Waals surface area contributed by atoms with Gasteiger partial charge in [0.2, 0.25) is 0 Å². The number of Topliss-reactive ketones (excluding diaryl/α,β-unsaturated/α-hetero) is 2. The minimum absolute atomic E-state index is 0.0237. The highest BCUT2D eigenvalue weighted by Gasteiger charge is 2.32. The maximum absolute atomic E-state index is 13.5. The fourth-order valence-electron chi connectivity index (χ4n) is 4.34. The standard InChI is InChI=1S/C28H27FN2O4/c29-24-8-6-21(7-9-24)25(27(33)23-10-14-30-15-11-23)18-26(32)22-12-16-31(17-13-22)28(34)35-19-20-4-2-1-3-5-20/h1-11,14-15,22,25H,12-13,16-19H2. The molecule has 1 atom stereocenters. The molecule has 0 N–H and O–H groups in total. The van der Waals surface area contributed by atoms with Crippen LogP contribution in [0.3, 0.4) is 0 Å². The monoisotopic (exact) mass is 474 g/mol. The summed E-state index contributed by atoms with van der Waals surface area (Å²) < 4.78 is 18.9. The van der Waals surface area contributed by atoms with Crippen molar-refractivity contribution in [2.45, 2.75) is 31.8 Å². The van der Waals surface area contributed by atoms with Crippen LogP contribution in [0.4, 0.5) is 9.18 Å². The van der Waals surface area contributed by atoms with Crippen molar-refractivity contribution in [3.8, 4) is 0 Å². The molecule has 0 saturated carbocycles. The average molecular weight is 475 g/mol. The summed E-state index contributed by atoms with van der Waals surface area (Å²) in [6.07, 6.45) is 3.72. The number of carbonyl (C=O) groups is 3. The largest absolute Gasteiger partial charge is 0.445 e. The number of rotatable bonds is 8. The summed E-state index contributed by atoms with van der Waals surface area (Å²) in [5.74, 6) is -1.59. The first-order valence-electron chi connectivity index (χ1n) is 11.7. The van der Waals surface area contributed by atoms with Crippen LogP contribution in [0.15, 0.2) is 79.1 Å². The molecule has 7 heteroatoms. The number of benzene rings is 2. The lowest BCUT2D eigenvalue weighted by Crippen LogP contribution is -2.40. The van der Waals surface area contributed by atoms with Gasteiger partial charge < -0.3 is 9.64 Å². The molecule has 2 heterocycles. The third-order valence-electron chi connectivity index (χ3n) is 6.37. The van der Waals surface area contributed by atoms with E-state index >= 15 is 0 Å². The first-order valence-corrected chi connectivity index (χ1v) is 11.7. The van der Waals surface area contributed by atoms with E-state index in [-0.39, 0.29) is 30.5 Å². The number of aromatic nitrogens is 1. The molecule has 1 aliphatic heterocycles. The van der Waals surface area contributed by atoms with Gasteiger partial charge in [0.15, 0.2) is 5.78 Å². The number of pyridine rings is 1. The second-order valence-electron chi connectivity index (χ2n) is 8.68. The van der Waals surface area contributed by atoms with Gasteiger partial charge in [-0.1, -0.05) is 42.5 Å². The summed E-state index contributed by atoms with van der Waals surface area (Å²) in [7, 11) is 0. The molecule has 3 aromatic rings. The summed E-state index contributed by atoms with van der Waals surface area (Å²) in [5, 5.41) is 0. The Bertz CT molecular complexity index is 1140. The van der Waals surface area contributed by atoms with Gasteiger partial charge in [-0.05, 0) is 48.2 Å². The summed E-state index contributed by atoms with van der Waals surface area (Å²) in [6.45, 7) is 1.04. The number of carbonyl (C=O) groups excluding carboxylic acids is 3. The Morgan fingerprint density at radius 1 is 0.943 bits per heavy atom. The normalized spacial score (nSPS) is 14.8. The van der Waals surface area contributed by atoms with E-state index in [0.717, 1.165) is 5.56 Å². The Morgan fingerprint density at radius 3 is 2.26 bits per heavy atom. The predicted octanol–water partition coefficient (Wildman–Crippen LogP) is 5.20. The zero-order chi connectivity index (χ0) is 24.6. The van der Waals surface area contributed by atoms with Crippen LogP contribution in [-0.2, 0) is 16.1 Å². The van der Waals surface area contributed by atoms with Gasteiger partial charge in [-0.2, -0.15) is 0 Å². The van der Waals surface area contributed by atoms with Crippen molar-refractivity contribution < 1.29 is 23.5 Å². The molecule has 4 rings (SSSR count). The first-order chi connectivity index (χ1) is 17.0. The second kappa shape index (κ2) is 11.5. The molecule has 1 fully saturated rings. The highest BCUT2D eigenvalue weighted by Crippen LogP contribution is 2.29. The fourth-order valence-corrected chi connectivity index (χ4v) is 4.34. The van der Waals surface area contributed by atoms with Gasteiger partial charge in [0.05, 0.1) is 5.92 Å². The van der Waals surface area contributed by atoms with Gasteiger partial charge in [0.1, 0.15) is 18.2 Å². The molecule has 2 aromatic carbocycles. The van der Waals surface area contributed by atoms with Crippen LogP contribution in [0.2, 0.25) is 0 Å². The summed E-state index contributed by atoms with van der Waals surface area (Å²) in [5.41, 5.74) is 1.97. The molecule has 35 heavy (non-hydrogen) atoms. The number of amides is 1. The van der Waals surface area contributed by atoms with Gasteiger partial charge in [0.25, 0.3) is 0 Å². The lowest BCUT2D eigenvalue weighted by Gasteiger charge is -2.31. The van der Waals surface area contributed by atoms with Gasteiger partial charge in [-0.3, -0.25) is 14.6 Å². The number of ether oxygens (including phenoxy) is 1. The number of likely N-dealkylation sites (tertiary alicyclic amines) is 1. The lowest BCUT2D eigenvalue weighted by molar-refractivity contribution is -0.124. The summed E-state index contributed by atoms with van der Waals surface area (Å²) in [6, 6.07) is 18.4. The van der Waals surface area contributed by atoms with Crippen LogP contribution >= 0.6 is 0 Å². The average Bonchev–Trinajstić information content (AvgIpc) is 2.91. The zero-order valence-corrected chi connectivity index (χ0v) is 19.3. The zero-order valence-electron chi connectivity index (χ0n) is 19.3. The van der Waals surface area contributed by atoms with Crippen molar-refractivity contribution in [2.75, 3.05) is 13.1 Å². The Hall–Kier alpha value is -3.87. The Labute approximate surface area is 203 Å². The highest BCUT2D eigenvalue weighted by molar-refractivity contribution is 6.03. The van der Waals surface area contributed by atoms with Gasteiger partial charge in [0, 0.05) is 43.4 Å². The molecule has 0 aliphatic carbocycles. The van der Waals surface area contributed by atoms with Crippen molar-refractivity contribution in [3.63, 3.8) is 0 Å². The summed E-state index contributed by atoms with van der Waals surface area (Å²) in [4.78, 5) is 44.4. The molecule has 0 bridgehead atoms. The molecule has 0 radical (unpaired) electrons. The molecule has 0 spiro atoms. The van der Waals surface area contributed by atoms with Crippen LogP contribution in [0.5, 0.6) is 0 Å². The second-order valence-corrected chi connectivity index (χ2v) is 8.68. The maximum atomic E-state index is 13.5. The quantitative estimate of drug-likeness (QED) is 0.420. The number of hydrogen-bond acceptors (Lipinski definition) is 5. The van der Waals surface area contributed by atoms with E-state index in [2.05, 4.69) is 4.98 Å².